The first-order valence-corrected chi connectivity index (χ1v) is 8.35. The summed E-state index contributed by atoms with van der Waals surface area (Å²) in [7, 11) is -2.16. The van der Waals surface area contributed by atoms with Crippen LogP contribution in [-0.2, 0) is 0 Å². The summed E-state index contributed by atoms with van der Waals surface area (Å²) in [5.74, 6) is 0. The molecule has 0 amide bonds. The fourth-order valence-electron chi connectivity index (χ4n) is 1.79. The molecule has 0 spiro atoms. The molecule has 0 fully saturated rings. The van der Waals surface area contributed by atoms with E-state index in [0.717, 1.165) is 13.1 Å². The summed E-state index contributed by atoms with van der Waals surface area (Å²) in [5, 5.41) is 1.21. The molecule has 1 nitrogen and oxygen atoms in total. The molecule has 0 saturated carbocycles. The van der Waals surface area contributed by atoms with Crippen molar-refractivity contribution < 1.29 is 0 Å². The van der Waals surface area contributed by atoms with Crippen molar-refractivity contribution in [2.75, 3.05) is 13.1 Å². The van der Waals surface area contributed by atoms with Crippen LogP contribution in [0, 0.1) is 0 Å². The van der Waals surface area contributed by atoms with Gasteiger partial charge in [-0.1, -0.05) is 49.9 Å². The molecule has 1 aromatic rings. The number of halogens is 1. The van der Waals surface area contributed by atoms with Gasteiger partial charge >= 0.3 is 0 Å². The van der Waals surface area contributed by atoms with E-state index >= 15 is 0 Å². The van der Waals surface area contributed by atoms with Crippen LogP contribution in [0.1, 0.15) is 13.8 Å². The fraction of sp³-hybridized carbons (Fsp3) is 0.333. The van der Waals surface area contributed by atoms with E-state index in [1.165, 1.54) is 5.19 Å². The van der Waals surface area contributed by atoms with Crippen molar-refractivity contribution in [3.8, 4) is 0 Å². The molecular weight excluding hydrogens is 222 g/mol. The monoisotopic (exact) mass is 239 g/mol. The normalized spacial score (nSPS) is 14.9. The molecule has 82 valence electrons. The van der Waals surface area contributed by atoms with E-state index in [9.17, 15) is 0 Å². The number of nitrogens with zero attached hydrogens (tertiary/aromatic N) is 1. The maximum absolute atomic E-state index is 6.76. The topological polar surface area (TPSA) is 3.24 Å². The number of hydrogen-bond donors (Lipinski definition) is 0. The molecule has 0 saturated heterocycles. The van der Waals surface area contributed by atoms with Gasteiger partial charge in [-0.2, -0.15) is 0 Å². The maximum Gasteiger partial charge on any atom is 0.284 e. The minimum Gasteiger partial charge on any atom is -0.306 e. The third-order valence-corrected chi connectivity index (χ3v) is 7.74. The average molecular weight is 240 g/mol. The van der Waals surface area contributed by atoms with Crippen molar-refractivity contribution in [3.63, 3.8) is 0 Å². The lowest BCUT2D eigenvalue weighted by atomic mass is 10.4. The van der Waals surface area contributed by atoms with E-state index < -0.39 is 7.55 Å². The van der Waals surface area contributed by atoms with E-state index in [1.807, 2.05) is 23.9 Å². The highest BCUT2D eigenvalue weighted by molar-refractivity contribution is 7.28. The number of hydrogen-bond acceptors (Lipinski definition) is 1. The van der Waals surface area contributed by atoms with Crippen molar-refractivity contribution in [2.45, 2.75) is 13.8 Å². The van der Waals surface area contributed by atoms with Crippen LogP contribution in [0.25, 0.3) is 0 Å². The highest BCUT2D eigenvalue weighted by Crippen LogP contribution is 2.16. The van der Waals surface area contributed by atoms with Gasteiger partial charge in [0.25, 0.3) is 7.55 Å². The Morgan fingerprint density at radius 3 is 2.20 bits per heavy atom. The zero-order valence-electron chi connectivity index (χ0n) is 9.41. The van der Waals surface area contributed by atoms with Gasteiger partial charge in [-0.05, 0) is 18.3 Å². The highest BCUT2D eigenvalue weighted by Gasteiger charge is 2.35. The molecule has 1 unspecified atom stereocenters. The van der Waals surface area contributed by atoms with Crippen LogP contribution in [-0.4, -0.2) is 25.2 Å². The van der Waals surface area contributed by atoms with Gasteiger partial charge in [0, 0.05) is 0 Å². The number of rotatable bonds is 5. The molecule has 0 heterocycles. The number of benzene rings is 1. The lowest BCUT2D eigenvalue weighted by Crippen LogP contribution is -2.56. The predicted molar refractivity (Wildman–Crippen MR) is 70.8 cm³/mol. The summed E-state index contributed by atoms with van der Waals surface area (Å²) in [4.78, 5) is 0. The maximum atomic E-state index is 6.76. The Balaban J connectivity index is 3.09. The Morgan fingerprint density at radius 1 is 1.27 bits per heavy atom. The van der Waals surface area contributed by atoms with Crippen molar-refractivity contribution in [1.82, 2.24) is 4.57 Å². The third-order valence-electron chi connectivity index (χ3n) is 2.67. The molecule has 0 bridgehead atoms. The Kier molecular flexibility index (Phi) is 4.58. The molecule has 0 aliphatic carbocycles. The van der Waals surface area contributed by atoms with Gasteiger partial charge in [-0.25, -0.2) is 0 Å². The highest BCUT2D eigenvalue weighted by atomic mass is 35.6. The van der Waals surface area contributed by atoms with Crippen LogP contribution >= 0.6 is 11.1 Å². The fourth-order valence-corrected chi connectivity index (χ4v) is 5.32. The van der Waals surface area contributed by atoms with Gasteiger partial charge in [-0.15, -0.1) is 17.7 Å². The average Bonchev–Trinajstić information content (AvgIpc) is 2.31. The molecule has 0 radical (unpaired) electrons. The molecule has 0 aliphatic heterocycles. The molecule has 15 heavy (non-hydrogen) atoms. The zero-order valence-corrected chi connectivity index (χ0v) is 11.2. The summed E-state index contributed by atoms with van der Waals surface area (Å²) in [6.45, 7) is 10.1. The molecule has 1 atom stereocenters. The Morgan fingerprint density at radius 2 is 1.80 bits per heavy atom. The van der Waals surface area contributed by atoms with Crippen LogP contribution < -0.4 is 5.19 Å². The van der Waals surface area contributed by atoms with Crippen LogP contribution in [0.5, 0.6) is 0 Å². The van der Waals surface area contributed by atoms with Gasteiger partial charge in [-0.3, -0.25) is 0 Å². The second-order valence-electron chi connectivity index (χ2n) is 3.42. The van der Waals surface area contributed by atoms with Gasteiger partial charge < -0.3 is 4.57 Å². The quantitative estimate of drug-likeness (QED) is 0.564. The lowest BCUT2D eigenvalue weighted by molar-refractivity contribution is 0.485. The second kappa shape index (κ2) is 5.49. The molecular formula is C12H18ClNSi. The van der Waals surface area contributed by atoms with Crippen LogP contribution in [0.15, 0.2) is 42.6 Å². The first-order chi connectivity index (χ1) is 7.19. The van der Waals surface area contributed by atoms with Crippen LogP contribution in [0.2, 0.25) is 0 Å². The molecule has 0 aromatic heterocycles. The summed E-state index contributed by atoms with van der Waals surface area (Å²) in [6, 6.07) is 10.3. The Labute approximate surface area is 98.2 Å². The largest absolute Gasteiger partial charge is 0.306 e. The first-order valence-electron chi connectivity index (χ1n) is 5.32. The van der Waals surface area contributed by atoms with Gasteiger partial charge in [0.1, 0.15) is 0 Å². The first kappa shape index (κ1) is 12.5. The van der Waals surface area contributed by atoms with Crippen molar-refractivity contribution in [2.24, 2.45) is 0 Å². The standard InChI is InChI=1S/C12H18ClNSi/c1-4-14(5-2)15(13,6-3)12-10-8-7-9-11-12/h6-11H,3-5H2,1-2H3. The minimum absolute atomic E-state index is 0.965. The Bertz CT molecular complexity index is 311. The van der Waals surface area contributed by atoms with Crippen LogP contribution in [0.4, 0.5) is 0 Å². The van der Waals surface area contributed by atoms with Crippen molar-refractivity contribution in [3.05, 3.63) is 42.6 Å². The van der Waals surface area contributed by atoms with Gasteiger partial charge in [0.15, 0.2) is 0 Å². The van der Waals surface area contributed by atoms with Crippen LogP contribution in [0.3, 0.4) is 0 Å². The van der Waals surface area contributed by atoms with E-state index in [4.69, 9.17) is 11.1 Å². The van der Waals surface area contributed by atoms with Crippen molar-refractivity contribution >= 4 is 23.8 Å². The van der Waals surface area contributed by atoms with Gasteiger partial charge in [0.05, 0.1) is 0 Å². The third kappa shape index (κ3) is 2.51. The molecule has 1 rings (SSSR count). The molecule has 0 aliphatic rings. The second-order valence-corrected chi connectivity index (χ2v) is 8.11. The lowest BCUT2D eigenvalue weighted by Gasteiger charge is -2.33. The molecule has 1 aromatic carbocycles. The molecule has 3 heteroatoms. The molecule has 0 N–H and O–H groups in total. The van der Waals surface area contributed by atoms with Crippen molar-refractivity contribution in [1.29, 1.82) is 0 Å². The summed E-state index contributed by atoms with van der Waals surface area (Å²) < 4.78 is 2.32. The van der Waals surface area contributed by atoms with Gasteiger partial charge in [0.2, 0.25) is 0 Å². The van der Waals surface area contributed by atoms with E-state index in [1.54, 1.807) is 0 Å². The Hall–Kier alpha value is -0.573. The SMILES string of the molecule is C=C[Si](Cl)(c1ccccc1)N(CC)CC. The smallest absolute Gasteiger partial charge is 0.284 e. The zero-order chi connectivity index (χ0) is 11.3. The predicted octanol–water partition coefficient (Wildman–Crippen LogP) is 2.64. The van der Waals surface area contributed by atoms with E-state index in [-0.39, 0.29) is 0 Å². The summed E-state index contributed by atoms with van der Waals surface area (Å²) in [5.41, 5.74) is 1.94. The summed E-state index contributed by atoms with van der Waals surface area (Å²) >= 11 is 6.76. The van der Waals surface area contributed by atoms with E-state index in [0.29, 0.717) is 0 Å². The minimum atomic E-state index is -2.16. The van der Waals surface area contributed by atoms with E-state index in [2.05, 4.69) is 37.1 Å². The summed E-state index contributed by atoms with van der Waals surface area (Å²) in [6.07, 6.45) is 0.